The molecule has 2 nitrogen and oxygen atoms in total. The lowest BCUT2D eigenvalue weighted by Gasteiger charge is -2.13. The smallest absolute Gasteiger partial charge is 0.351 e. The summed E-state index contributed by atoms with van der Waals surface area (Å²) in [6, 6.07) is 9.97. The number of hydrogen-bond acceptors (Lipinski definition) is 2. The molecule has 24 heavy (non-hydrogen) atoms. The van der Waals surface area contributed by atoms with E-state index in [1.165, 1.54) is 11.8 Å². The summed E-state index contributed by atoms with van der Waals surface area (Å²) < 4.78 is 51.6. The Morgan fingerprint density at radius 2 is 1.79 bits per heavy atom. The van der Waals surface area contributed by atoms with E-state index in [0.717, 1.165) is 22.6 Å². The third-order valence-electron chi connectivity index (χ3n) is 3.24. The summed E-state index contributed by atoms with van der Waals surface area (Å²) in [7, 11) is 0. The highest BCUT2D eigenvalue weighted by Crippen LogP contribution is 2.32. The predicted octanol–water partition coefficient (Wildman–Crippen LogP) is 4.56. The first-order chi connectivity index (χ1) is 11.3. The van der Waals surface area contributed by atoms with Crippen LogP contribution in [0, 0.1) is 12.7 Å². The minimum atomic E-state index is -4.67. The number of benzene rings is 2. The van der Waals surface area contributed by atoms with Crippen LogP contribution in [-0.4, -0.2) is 11.7 Å². The van der Waals surface area contributed by atoms with Crippen molar-refractivity contribution in [3.8, 4) is 0 Å². The molecule has 128 valence electrons. The van der Waals surface area contributed by atoms with Gasteiger partial charge in [-0.2, -0.15) is 13.2 Å². The van der Waals surface area contributed by atoms with Crippen molar-refractivity contribution < 1.29 is 22.4 Å². The molecule has 1 amide bonds. The molecular weight excluding hydrogens is 342 g/mol. The van der Waals surface area contributed by atoms with Gasteiger partial charge in [-0.1, -0.05) is 23.8 Å². The van der Waals surface area contributed by atoms with Gasteiger partial charge in [0.25, 0.3) is 0 Å². The summed E-state index contributed by atoms with van der Waals surface area (Å²) in [6.45, 7) is 1.64. The van der Waals surface area contributed by atoms with Crippen molar-refractivity contribution in [3.63, 3.8) is 0 Å². The Morgan fingerprint density at radius 1 is 1.12 bits per heavy atom. The minimum absolute atomic E-state index is 0.0889. The van der Waals surface area contributed by atoms with Crippen LogP contribution in [0.1, 0.15) is 16.7 Å². The first-order valence-corrected chi connectivity index (χ1v) is 8.06. The van der Waals surface area contributed by atoms with Crippen molar-refractivity contribution in [1.29, 1.82) is 0 Å². The standard InChI is InChI=1S/C17H15F4NOS/c1-11-2-6-14(7-3-11)24-10-16(23)22-9-12-4-5-13(18)8-15(12)17(19,20)21/h2-8H,9-10H2,1H3,(H,22,23). The largest absolute Gasteiger partial charge is 0.416 e. The van der Waals surface area contributed by atoms with Crippen molar-refractivity contribution in [1.82, 2.24) is 5.32 Å². The van der Waals surface area contributed by atoms with Crippen molar-refractivity contribution in [2.24, 2.45) is 0 Å². The SMILES string of the molecule is Cc1ccc(SCC(=O)NCc2ccc(F)cc2C(F)(F)F)cc1. The van der Waals surface area contributed by atoms with E-state index in [1.807, 2.05) is 31.2 Å². The van der Waals surface area contributed by atoms with Crippen LogP contribution in [0.5, 0.6) is 0 Å². The first kappa shape index (κ1) is 18.3. The predicted molar refractivity (Wildman–Crippen MR) is 85.2 cm³/mol. The topological polar surface area (TPSA) is 29.1 Å². The molecule has 0 saturated heterocycles. The summed E-state index contributed by atoms with van der Waals surface area (Å²) >= 11 is 1.29. The van der Waals surface area contributed by atoms with E-state index in [0.29, 0.717) is 6.07 Å². The van der Waals surface area contributed by atoms with E-state index in [9.17, 15) is 22.4 Å². The van der Waals surface area contributed by atoms with Crippen molar-refractivity contribution in [2.45, 2.75) is 24.5 Å². The average molecular weight is 357 g/mol. The Kier molecular flexibility index (Phi) is 5.88. The van der Waals surface area contributed by atoms with Crippen molar-refractivity contribution in [2.75, 3.05) is 5.75 Å². The van der Waals surface area contributed by atoms with E-state index in [-0.39, 0.29) is 17.9 Å². The molecule has 0 spiro atoms. The van der Waals surface area contributed by atoms with Gasteiger partial charge >= 0.3 is 6.18 Å². The van der Waals surface area contributed by atoms with Crippen LogP contribution in [0.2, 0.25) is 0 Å². The van der Waals surface area contributed by atoms with Gasteiger partial charge in [-0.25, -0.2) is 4.39 Å². The van der Waals surface area contributed by atoms with Gasteiger partial charge in [-0.15, -0.1) is 11.8 Å². The third kappa shape index (κ3) is 5.26. The van der Waals surface area contributed by atoms with Gasteiger partial charge in [0.1, 0.15) is 5.82 Å². The number of aryl methyl sites for hydroxylation is 1. The number of carbonyl (C=O) groups excluding carboxylic acids is 1. The maximum atomic E-state index is 13.0. The summed E-state index contributed by atoms with van der Waals surface area (Å²) in [6.07, 6.45) is -4.67. The maximum Gasteiger partial charge on any atom is 0.416 e. The number of alkyl halides is 3. The fourth-order valence-corrected chi connectivity index (χ4v) is 2.72. The zero-order chi connectivity index (χ0) is 17.7. The molecule has 0 atom stereocenters. The lowest BCUT2D eigenvalue weighted by Crippen LogP contribution is -2.26. The van der Waals surface area contributed by atoms with E-state index in [2.05, 4.69) is 5.32 Å². The minimum Gasteiger partial charge on any atom is -0.351 e. The zero-order valence-electron chi connectivity index (χ0n) is 12.8. The van der Waals surface area contributed by atoms with Gasteiger partial charge in [-0.05, 0) is 36.8 Å². The second-order valence-corrected chi connectivity index (χ2v) is 6.23. The number of hydrogen-bond donors (Lipinski definition) is 1. The number of halogens is 4. The number of nitrogens with one attached hydrogen (secondary N) is 1. The number of amides is 1. The number of rotatable bonds is 5. The van der Waals surface area contributed by atoms with Gasteiger partial charge in [0.05, 0.1) is 11.3 Å². The molecule has 2 aromatic rings. The molecule has 2 aromatic carbocycles. The molecule has 0 aliphatic rings. The van der Waals surface area contributed by atoms with Crippen LogP contribution in [0.15, 0.2) is 47.4 Å². The van der Waals surface area contributed by atoms with Gasteiger partial charge in [0.15, 0.2) is 0 Å². The van der Waals surface area contributed by atoms with Crippen LogP contribution in [0.25, 0.3) is 0 Å². The zero-order valence-corrected chi connectivity index (χ0v) is 13.6. The Morgan fingerprint density at radius 3 is 2.42 bits per heavy atom. The summed E-state index contributed by atoms with van der Waals surface area (Å²) in [5, 5.41) is 2.43. The van der Waals surface area contributed by atoms with Crippen LogP contribution in [0.3, 0.4) is 0 Å². The molecule has 0 fully saturated rings. The van der Waals surface area contributed by atoms with Crippen molar-refractivity contribution >= 4 is 17.7 Å². The monoisotopic (exact) mass is 357 g/mol. The number of carbonyl (C=O) groups is 1. The fraction of sp³-hybridized carbons (Fsp3) is 0.235. The Hall–Kier alpha value is -2.02. The highest BCUT2D eigenvalue weighted by atomic mass is 32.2. The Balaban J connectivity index is 1.93. The summed E-state index contributed by atoms with van der Waals surface area (Å²) in [5.41, 5.74) is -0.147. The quantitative estimate of drug-likeness (QED) is 0.628. The van der Waals surface area contributed by atoms with Crippen molar-refractivity contribution in [3.05, 3.63) is 65.0 Å². The summed E-state index contributed by atoms with van der Waals surface area (Å²) in [5.74, 6) is -1.27. The highest BCUT2D eigenvalue weighted by Gasteiger charge is 2.33. The summed E-state index contributed by atoms with van der Waals surface area (Å²) in [4.78, 5) is 12.7. The second kappa shape index (κ2) is 7.70. The van der Waals surface area contributed by atoms with Crippen LogP contribution < -0.4 is 5.32 Å². The maximum absolute atomic E-state index is 13.0. The van der Waals surface area contributed by atoms with E-state index in [4.69, 9.17) is 0 Å². The molecule has 1 N–H and O–H groups in total. The van der Waals surface area contributed by atoms with Crippen LogP contribution in [-0.2, 0) is 17.5 Å². The molecule has 7 heteroatoms. The van der Waals surface area contributed by atoms with Gasteiger partial charge in [-0.3, -0.25) is 4.79 Å². The molecule has 0 aliphatic carbocycles. The molecule has 0 bridgehead atoms. The molecular formula is C17H15F4NOS. The first-order valence-electron chi connectivity index (χ1n) is 7.07. The van der Waals surface area contributed by atoms with Crippen LogP contribution >= 0.6 is 11.8 Å². The van der Waals surface area contributed by atoms with Crippen LogP contribution in [0.4, 0.5) is 17.6 Å². The molecule has 0 unspecified atom stereocenters. The molecule has 0 aliphatic heterocycles. The molecule has 0 radical (unpaired) electrons. The van der Waals surface area contributed by atoms with E-state index >= 15 is 0 Å². The van der Waals surface area contributed by atoms with E-state index in [1.54, 1.807) is 0 Å². The molecule has 2 rings (SSSR count). The Bertz CT molecular complexity index is 714. The lowest BCUT2D eigenvalue weighted by molar-refractivity contribution is -0.138. The number of thioether (sulfide) groups is 1. The van der Waals surface area contributed by atoms with Gasteiger partial charge < -0.3 is 5.32 Å². The van der Waals surface area contributed by atoms with Gasteiger partial charge in [0, 0.05) is 11.4 Å². The average Bonchev–Trinajstić information content (AvgIpc) is 2.52. The highest BCUT2D eigenvalue weighted by molar-refractivity contribution is 8.00. The second-order valence-electron chi connectivity index (χ2n) is 5.18. The lowest BCUT2D eigenvalue weighted by atomic mass is 10.1. The third-order valence-corrected chi connectivity index (χ3v) is 4.26. The fourth-order valence-electron chi connectivity index (χ4n) is 1.99. The van der Waals surface area contributed by atoms with E-state index < -0.39 is 23.5 Å². The normalized spacial score (nSPS) is 11.4. The molecule has 0 aromatic heterocycles. The molecule has 0 heterocycles. The molecule has 0 saturated carbocycles. The van der Waals surface area contributed by atoms with Gasteiger partial charge in [0.2, 0.25) is 5.91 Å². The Labute approximate surface area is 141 Å².